The van der Waals surface area contributed by atoms with Gasteiger partial charge in [-0.3, -0.25) is 9.59 Å². The Morgan fingerprint density at radius 3 is 0.988 bits per heavy atom. The highest BCUT2D eigenvalue weighted by atomic mass is 16.5. The Hall–Kier alpha value is -1.92. The van der Waals surface area contributed by atoms with Crippen molar-refractivity contribution in [2.45, 2.75) is 411 Å². The van der Waals surface area contributed by atoms with Crippen LogP contribution in [0.2, 0.25) is 0 Å². The van der Waals surface area contributed by atoms with E-state index in [1.54, 1.807) is 0 Å². The maximum atomic E-state index is 12.5. The van der Waals surface area contributed by atoms with Crippen molar-refractivity contribution in [1.29, 1.82) is 0 Å². The van der Waals surface area contributed by atoms with Crippen molar-refractivity contribution in [1.82, 2.24) is 5.32 Å². The van der Waals surface area contributed by atoms with Crippen molar-refractivity contribution in [2.75, 3.05) is 13.2 Å². The Bertz CT molecular complexity index is 1300. The number of hydrogen-bond acceptors (Lipinski definition) is 5. The van der Waals surface area contributed by atoms with Gasteiger partial charge in [0.25, 0.3) is 0 Å². The summed E-state index contributed by atoms with van der Waals surface area (Å²) in [6, 6.07) is -0.540. The molecular weight excluding hydrogens is 983 g/mol. The molecular formula is C74H141NO5. The van der Waals surface area contributed by atoms with Crippen LogP contribution in [0.25, 0.3) is 0 Å². The fourth-order valence-electron chi connectivity index (χ4n) is 11.4. The summed E-state index contributed by atoms with van der Waals surface area (Å²) < 4.78 is 5.51. The molecule has 0 saturated heterocycles. The fraction of sp³-hybridized carbons (Fsp3) is 0.892. The lowest BCUT2D eigenvalue weighted by Gasteiger charge is -2.22. The van der Waals surface area contributed by atoms with Crippen LogP contribution in [-0.4, -0.2) is 47.4 Å². The van der Waals surface area contributed by atoms with E-state index in [0.29, 0.717) is 25.9 Å². The molecule has 6 nitrogen and oxygen atoms in total. The Morgan fingerprint density at radius 2 is 0.625 bits per heavy atom. The van der Waals surface area contributed by atoms with E-state index < -0.39 is 12.1 Å². The second kappa shape index (κ2) is 69.6. The van der Waals surface area contributed by atoms with Gasteiger partial charge in [-0.25, -0.2) is 0 Å². The van der Waals surface area contributed by atoms with E-state index in [1.807, 2.05) is 0 Å². The van der Waals surface area contributed by atoms with Gasteiger partial charge >= 0.3 is 5.97 Å². The zero-order valence-corrected chi connectivity index (χ0v) is 54.1. The zero-order chi connectivity index (χ0) is 57.8. The van der Waals surface area contributed by atoms with Gasteiger partial charge in [0.2, 0.25) is 5.91 Å². The first-order chi connectivity index (χ1) is 39.5. The average molecular weight is 1120 g/mol. The maximum absolute atomic E-state index is 12.5. The summed E-state index contributed by atoms with van der Waals surface area (Å²) in [5, 5.41) is 23.3. The third kappa shape index (κ3) is 65.2. The number of aliphatic hydroxyl groups is 2. The number of allylic oxidation sites excluding steroid dienone is 6. The van der Waals surface area contributed by atoms with E-state index in [2.05, 4.69) is 55.6 Å². The lowest BCUT2D eigenvalue weighted by molar-refractivity contribution is -0.143. The van der Waals surface area contributed by atoms with E-state index in [4.69, 9.17) is 4.74 Å². The molecule has 0 spiro atoms. The van der Waals surface area contributed by atoms with Crippen LogP contribution in [0.3, 0.4) is 0 Å². The topological polar surface area (TPSA) is 95.9 Å². The van der Waals surface area contributed by atoms with Crippen molar-refractivity contribution >= 4 is 11.9 Å². The molecule has 0 heterocycles. The number of carbonyl (C=O) groups excluding carboxylic acids is 2. The van der Waals surface area contributed by atoms with Gasteiger partial charge in [-0.2, -0.15) is 0 Å². The van der Waals surface area contributed by atoms with Crippen molar-refractivity contribution < 1.29 is 24.5 Å². The number of esters is 1. The lowest BCUT2D eigenvalue weighted by Crippen LogP contribution is -2.45. The molecule has 0 fully saturated rings. The van der Waals surface area contributed by atoms with Gasteiger partial charge in [0, 0.05) is 12.8 Å². The SMILES string of the molecule is CCCCC/C=C\C/C=C\CCCCCCCCCCCC(=O)OCCCCCCCCCCCCCC/C=C\CCCCCCCCCCCCCCCCC(=O)NC(CO)C(O)CCCCCCCCCCCCCCCC. The number of amides is 1. The van der Waals surface area contributed by atoms with Gasteiger partial charge in [-0.05, 0) is 83.5 Å². The van der Waals surface area contributed by atoms with Crippen LogP contribution in [0.5, 0.6) is 0 Å². The third-order valence-electron chi connectivity index (χ3n) is 16.9. The molecule has 0 aliphatic carbocycles. The molecule has 80 heavy (non-hydrogen) atoms. The molecule has 1 amide bonds. The quantitative estimate of drug-likeness (QED) is 0.0320. The van der Waals surface area contributed by atoms with Gasteiger partial charge in [0.1, 0.15) is 0 Å². The Balaban J connectivity index is 3.35. The summed E-state index contributed by atoms with van der Waals surface area (Å²) in [5.74, 6) is -0.0174. The molecule has 0 radical (unpaired) electrons. The van der Waals surface area contributed by atoms with Gasteiger partial charge in [-0.1, -0.05) is 339 Å². The summed E-state index contributed by atoms with van der Waals surface area (Å²) in [4.78, 5) is 24.6. The summed E-state index contributed by atoms with van der Waals surface area (Å²) in [7, 11) is 0. The normalized spacial score (nSPS) is 12.7. The predicted molar refractivity (Wildman–Crippen MR) is 352 cm³/mol. The van der Waals surface area contributed by atoms with Crippen LogP contribution in [0, 0.1) is 0 Å². The summed E-state index contributed by atoms with van der Waals surface area (Å²) in [6.07, 6.45) is 89.2. The van der Waals surface area contributed by atoms with E-state index in [0.717, 1.165) is 51.4 Å². The third-order valence-corrected chi connectivity index (χ3v) is 16.9. The summed E-state index contributed by atoms with van der Waals surface area (Å²) >= 11 is 0. The Kier molecular flexibility index (Phi) is 67.9. The minimum absolute atomic E-state index is 0.0138. The van der Waals surface area contributed by atoms with Crippen LogP contribution in [0.4, 0.5) is 0 Å². The van der Waals surface area contributed by atoms with Gasteiger partial charge in [-0.15, -0.1) is 0 Å². The van der Waals surface area contributed by atoms with Crippen LogP contribution < -0.4 is 5.32 Å². The van der Waals surface area contributed by atoms with Gasteiger partial charge in [0.05, 0.1) is 25.4 Å². The van der Waals surface area contributed by atoms with E-state index in [-0.39, 0.29) is 18.5 Å². The second-order valence-electron chi connectivity index (χ2n) is 24.9. The smallest absolute Gasteiger partial charge is 0.305 e. The highest BCUT2D eigenvalue weighted by Crippen LogP contribution is 2.19. The molecule has 2 atom stereocenters. The lowest BCUT2D eigenvalue weighted by atomic mass is 10.0. The molecule has 3 N–H and O–H groups in total. The molecule has 0 aliphatic heterocycles. The fourth-order valence-corrected chi connectivity index (χ4v) is 11.4. The van der Waals surface area contributed by atoms with Crippen LogP contribution >= 0.6 is 0 Å². The number of carbonyl (C=O) groups is 2. The number of ether oxygens (including phenoxy) is 1. The second-order valence-corrected chi connectivity index (χ2v) is 24.9. The molecule has 6 heteroatoms. The number of nitrogens with one attached hydrogen (secondary N) is 1. The van der Waals surface area contributed by atoms with E-state index >= 15 is 0 Å². The number of unbranched alkanes of at least 4 members (excludes halogenated alkanes) is 51. The van der Waals surface area contributed by atoms with Crippen molar-refractivity contribution in [2.24, 2.45) is 0 Å². The molecule has 0 saturated carbocycles. The molecule has 0 aromatic rings. The molecule has 0 aromatic heterocycles. The monoisotopic (exact) mass is 1120 g/mol. The minimum Gasteiger partial charge on any atom is -0.466 e. The highest BCUT2D eigenvalue weighted by Gasteiger charge is 2.20. The largest absolute Gasteiger partial charge is 0.466 e. The van der Waals surface area contributed by atoms with Gasteiger partial charge < -0.3 is 20.3 Å². The molecule has 0 rings (SSSR count). The van der Waals surface area contributed by atoms with Crippen LogP contribution in [0.1, 0.15) is 399 Å². The zero-order valence-electron chi connectivity index (χ0n) is 54.1. The summed E-state index contributed by atoms with van der Waals surface area (Å²) in [5.41, 5.74) is 0. The molecule has 0 aromatic carbocycles. The van der Waals surface area contributed by atoms with E-state index in [9.17, 15) is 19.8 Å². The van der Waals surface area contributed by atoms with Crippen molar-refractivity contribution in [3.05, 3.63) is 36.5 Å². The van der Waals surface area contributed by atoms with Crippen molar-refractivity contribution in [3.8, 4) is 0 Å². The molecule has 0 bridgehead atoms. The Labute approximate surface area is 500 Å². The number of hydrogen-bond donors (Lipinski definition) is 3. The molecule has 0 aliphatic rings. The first kappa shape index (κ1) is 78.1. The average Bonchev–Trinajstić information content (AvgIpc) is 3.46. The van der Waals surface area contributed by atoms with Gasteiger partial charge in [0.15, 0.2) is 0 Å². The molecule has 2 unspecified atom stereocenters. The van der Waals surface area contributed by atoms with Crippen LogP contribution in [-0.2, 0) is 14.3 Å². The standard InChI is InChI=1S/C74H141NO5/c1-3-5-7-9-11-13-15-17-19-20-33-37-40-44-48-52-56-60-64-68-74(79)80-69-65-61-57-53-49-45-41-38-35-32-30-28-26-24-22-21-23-25-27-29-31-34-36-39-43-47-51-55-59-63-67-73(78)75-71(70-76)72(77)66-62-58-54-50-46-42-18-16-14-12-10-8-6-4-2/h11,13,17,19,22,24,71-72,76-77H,3-10,12,14-16,18,20-21,23,25-70H2,1-2H3,(H,75,78)/b13-11-,19-17-,24-22-. The van der Waals surface area contributed by atoms with E-state index in [1.165, 1.54) is 315 Å². The van der Waals surface area contributed by atoms with Crippen LogP contribution in [0.15, 0.2) is 36.5 Å². The number of aliphatic hydroxyl groups excluding tert-OH is 2. The highest BCUT2D eigenvalue weighted by molar-refractivity contribution is 5.76. The predicted octanol–water partition coefficient (Wildman–Crippen LogP) is 23.5. The first-order valence-corrected chi connectivity index (χ1v) is 36.2. The maximum Gasteiger partial charge on any atom is 0.305 e. The molecule has 472 valence electrons. The minimum atomic E-state index is -0.663. The van der Waals surface area contributed by atoms with Crippen molar-refractivity contribution in [3.63, 3.8) is 0 Å². The number of rotatable bonds is 68. The first-order valence-electron chi connectivity index (χ1n) is 36.2. The summed E-state index contributed by atoms with van der Waals surface area (Å²) in [6.45, 7) is 4.96. The Morgan fingerprint density at radius 1 is 0.350 bits per heavy atom.